The highest BCUT2D eigenvalue weighted by Gasteiger charge is 2.13. The first-order valence-corrected chi connectivity index (χ1v) is 8.46. The fourth-order valence-corrected chi connectivity index (χ4v) is 3.44. The quantitative estimate of drug-likeness (QED) is 0.540. The number of hydrogen-bond acceptors (Lipinski definition) is 0. The Morgan fingerprint density at radius 3 is 2.58 bits per heavy atom. The van der Waals surface area contributed by atoms with Crippen LogP contribution in [0, 0.1) is 6.92 Å². The molecule has 0 bridgehead atoms. The van der Waals surface area contributed by atoms with Crippen molar-refractivity contribution >= 4 is 43.5 Å². The second kappa shape index (κ2) is 6.92. The van der Waals surface area contributed by atoms with Crippen molar-refractivity contribution < 1.29 is 0 Å². The van der Waals surface area contributed by atoms with Gasteiger partial charge >= 0.3 is 0 Å². The number of benzene rings is 2. The normalized spacial score (nSPS) is 12.4. The summed E-state index contributed by atoms with van der Waals surface area (Å²) in [5.41, 5.74) is 3.73. The van der Waals surface area contributed by atoms with Crippen LogP contribution in [0.1, 0.15) is 22.6 Å². The first-order valence-electron chi connectivity index (χ1n) is 6.16. The third kappa shape index (κ3) is 4.08. The van der Waals surface area contributed by atoms with Gasteiger partial charge in [-0.1, -0.05) is 67.7 Å². The van der Waals surface area contributed by atoms with Gasteiger partial charge in [-0.05, 0) is 54.2 Å². The van der Waals surface area contributed by atoms with Crippen LogP contribution in [0.15, 0.2) is 46.9 Å². The molecule has 0 aliphatic heterocycles. The van der Waals surface area contributed by atoms with Crippen LogP contribution in [-0.2, 0) is 6.42 Å². The lowest BCUT2D eigenvalue weighted by Gasteiger charge is -2.16. The van der Waals surface area contributed by atoms with E-state index in [2.05, 4.69) is 69.1 Å². The van der Waals surface area contributed by atoms with Gasteiger partial charge in [-0.3, -0.25) is 0 Å². The van der Waals surface area contributed by atoms with E-state index in [0.717, 1.165) is 21.2 Å². The molecule has 0 heterocycles. The highest BCUT2D eigenvalue weighted by Crippen LogP contribution is 2.28. The highest BCUT2D eigenvalue weighted by atomic mass is 79.9. The van der Waals surface area contributed by atoms with Gasteiger partial charge in [-0.25, -0.2) is 0 Å². The molecule has 0 radical (unpaired) electrons. The van der Waals surface area contributed by atoms with Crippen LogP contribution < -0.4 is 0 Å². The van der Waals surface area contributed by atoms with Crippen LogP contribution in [0.4, 0.5) is 0 Å². The van der Waals surface area contributed by atoms with Gasteiger partial charge in [-0.2, -0.15) is 0 Å². The van der Waals surface area contributed by atoms with E-state index in [1.54, 1.807) is 0 Å². The molecule has 0 saturated carbocycles. The summed E-state index contributed by atoms with van der Waals surface area (Å²) in [6.07, 6.45) is 0.945. The van der Waals surface area contributed by atoms with Crippen LogP contribution >= 0.6 is 43.5 Å². The Morgan fingerprint density at radius 2 is 1.95 bits per heavy atom. The maximum atomic E-state index is 6.32. The predicted molar refractivity (Wildman–Crippen MR) is 90.6 cm³/mol. The average Bonchev–Trinajstić information content (AvgIpc) is 2.38. The lowest BCUT2D eigenvalue weighted by Crippen LogP contribution is -2.05. The molecule has 3 heteroatoms. The fourth-order valence-electron chi connectivity index (χ4n) is 2.11. The van der Waals surface area contributed by atoms with Crippen LogP contribution in [0.3, 0.4) is 0 Å². The summed E-state index contributed by atoms with van der Waals surface area (Å²) >= 11 is 13.5. The highest BCUT2D eigenvalue weighted by molar-refractivity contribution is 9.10. The Labute approximate surface area is 136 Å². The van der Waals surface area contributed by atoms with Crippen LogP contribution in [-0.4, -0.2) is 5.33 Å². The zero-order valence-corrected chi connectivity index (χ0v) is 14.6. The Balaban J connectivity index is 2.24. The van der Waals surface area contributed by atoms with Crippen LogP contribution in [0.25, 0.3) is 0 Å². The number of hydrogen-bond donors (Lipinski definition) is 0. The summed E-state index contributed by atoms with van der Waals surface area (Å²) in [6.45, 7) is 2.06. The zero-order chi connectivity index (χ0) is 13.8. The van der Waals surface area contributed by atoms with Gasteiger partial charge in [0.1, 0.15) is 0 Å². The average molecular weight is 403 g/mol. The standard InChI is InChI=1S/C16H15Br2Cl/c1-11-5-6-13(16(19)7-11)8-14(10-17)12-3-2-4-15(18)9-12/h2-7,9,14H,8,10H2,1H3. The summed E-state index contributed by atoms with van der Waals surface area (Å²) in [7, 11) is 0. The molecule has 0 aliphatic carbocycles. The van der Waals surface area contributed by atoms with Gasteiger partial charge < -0.3 is 0 Å². The molecule has 0 spiro atoms. The second-order valence-corrected chi connectivity index (χ2v) is 6.68. The smallest absolute Gasteiger partial charge is 0.0440 e. The molecular formula is C16H15Br2Cl. The van der Waals surface area contributed by atoms with E-state index in [9.17, 15) is 0 Å². The van der Waals surface area contributed by atoms with Crippen molar-refractivity contribution in [1.29, 1.82) is 0 Å². The van der Waals surface area contributed by atoms with E-state index >= 15 is 0 Å². The fraction of sp³-hybridized carbons (Fsp3) is 0.250. The summed E-state index contributed by atoms with van der Waals surface area (Å²) < 4.78 is 1.12. The molecule has 1 unspecified atom stereocenters. The molecule has 2 rings (SSSR count). The zero-order valence-electron chi connectivity index (χ0n) is 10.7. The van der Waals surface area contributed by atoms with Gasteiger partial charge in [0, 0.05) is 14.8 Å². The van der Waals surface area contributed by atoms with Crippen molar-refractivity contribution in [2.24, 2.45) is 0 Å². The minimum atomic E-state index is 0.428. The van der Waals surface area contributed by atoms with Gasteiger partial charge in [0.05, 0.1) is 0 Å². The topological polar surface area (TPSA) is 0 Å². The Bertz CT molecular complexity index is 566. The molecule has 0 N–H and O–H groups in total. The van der Waals surface area contributed by atoms with Crippen molar-refractivity contribution in [1.82, 2.24) is 0 Å². The van der Waals surface area contributed by atoms with E-state index in [-0.39, 0.29) is 0 Å². The molecule has 0 fully saturated rings. The SMILES string of the molecule is Cc1ccc(CC(CBr)c2cccc(Br)c2)c(Cl)c1. The molecule has 0 saturated heterocycles. The largest absolute Gasteiger partial charge is 0.0921 e. The number of alkyl halides is 1. The number of rotatable bonds is 4. The molecule has 0 amide bonds. The molecule has 2 aromatic rings. The van der Waals surface area contributed by atoms with Crippen molar-refractivity contribution in [3.05, 3.63) is 68.7 Å². The Morgan fingerprint density at radius 1 is 1.16 bits per heavy atom. The van der Waals surface area contributed by atoms with Crippen molar-refractivity contribution in [2.75, 3.05) is 5.33 Å². The minimum absolute atomic E-state index is 0.428. The van der Waals surface area contributed by atoms with Gasteiger partial charge in [0.2, 0.25) is 0 Å². The minimum Gasteiger partial charge on any atom is -0.0921 e. The van der Waals surface area contributed by atoms with Crippen molar-refractivity contribution in [3.8, 4) is 0 Å². The van der Waals surface area contributed by atoms with Crippen molar-refractivity contribution in [3.63, 3.8) is 0 Å². The third-order valence-corrected chi connectivity index (χ3v) is 4.81. The molecule has 100 valence electrons. The van der Waals surface area contributed by atoms with E-state index in [4.69, 9.17) is 11.6 Å². The van der Waals surface area contributed by atoms with Crippen LogP contribution in [0.2, 0.25) is 5.02 Å². The van der Waals surface area contributed by atoms with Gasteiger partial charge in [0.15, 0.2) is 0 Å². The monoisotopic (exact) mass is 400 g/mol. The maximum absolute atomic E-state index is 6.32. The molecule has 0 nitrogen and oxygen atoms in total. The van der Waals surface area contributed by atoms with Gasteiger partial charge in [0.25, 0.3) is 0 Å². The molecule has 0 aliphatic rings. The van der Waals surface area contributed by atoms with E-state index in [0.29, 0.717) is 5.92 Å². The first kappa shape index (κ1) is 15.1. The lowest BCUT2D eigenvalue weighted by atomic mass is 9.93. The predicted octanol–water partition coefficient (Wildman–Crippen LogP) is 6.13. The van der Waals surface area contributed by atoms with Crippen molar-refractivity contribution in [2.45, 2.75) is 19.3 Å². The first-order chi connectivity index (χ1) is 9.10. The Hall–Kier alpha value is -0.310. The van der Waals surface area contributed by atoms with E-state index in [1.807, 2.05) is 12.1 Å². The maximum Gasteiger partial charge on any atom is 0.0440 e. The molecule has 1 atom stereocenters. The Kier molecular flexibility index (Phi) is 5.49. The summed E-state index contributed by atoms with van der Waals surface area (Å²) in [6, 6.07) is 14.7. The second-order valence-electron chi connectivity index (χ2n) is 4.71. The summed E-state index contributed by atoms with van der Waals surface area (Å²) in [5, 5.41) is 1.79. The molecule has 0 aromatic heterocycles. The molecule has 19 heavy (non-hydrogen) atoms. The number of halogens is 3. The van der Waals surface area contributed by atoms with E-state index in [1.165, 1.54) is 16.7 Å². The summed E-state index contributed by atoms with van der Waals surface area (Å²) in [5.74, 6) is 0.428. The van der Waals surface area contributed by atoms with E-state index < -0.39 is 0 Å². The molecule has 2 aromatic carbocycles. The van der Waals surface area contributed by atoms with Gasteiger partial charge in [-0.15, -0.1) is 0 Å². The molecular weight excluding hydrogens is 387 g/mol. The van der Waals surface area contributed by atoms with Crippen LogP contribution in [0.5, 0.6) is 0 Å². The third-order valence-electron chi connectivity index (χ3n) is 3.18. The number of aryl methyl sites for hydroxylation is 1. The lowest BCUT2D eigenvalue weighted by molar-refractivity contribution is 0.775. The summed E-state index contributed by atoms with van der Waals surface area (Å²) in [4.78, 5) is 0.